The molecule has 0 spiro atoms. The number of sulfonamides is 1. The monoisotopic (exact) mass is 388 g/mol. The van der Waals surface area contributed by atoms with Crippen LogP contribution in [0.1, 0.15) is 32.3 Å². The van der Waals surface area contributed by atoms with Gasteiger partial charge in [-0.2, -0.15) is 0 Å². The number of hydrogen-bond acceptors (Lipinski definition) is 4. The van der Waals surface area contributed by atoms with E-state index in [0.29, 0.717) is 24.6 Å². The van der Waals surface area contributed by atoms with Crippen LogP contribution in [0.15, 0.2) is 53.4 Å². The normalized spacial score (nSPS) is 15.0. The Bertz CT molecular complexity index is 902. The number of hydrogen-bond donors (Lipinski definition) is 2. The molecule has 2 N–H and O–H groups in total. The second kappa shape index (κ2) is 7.60. The number of anilines is 1. The van der Waals surface area contributed by atoms with Crippen molar-refractivity contribution in [3.63, 3.8) is 0 Å². The highest BCUT2D eigenvalue weighted by molar-refractivity contribution is 7.92. The molecular weight excluding hydrogens is 364 g/mol. The van der Waals surface area contributed by atoms with Crippen LogP contribution in [0.2, 0.25) is 0 Å². The quantitative estimate of drug-likeness (QED) is 0.728. The molecule has 7 heteroatoms. The van der Waals surface area contributed by atoms with Crippen molar-refractivity contribution in [2.75, 3.05) is 17.9 Å². The van der Waals surface area contributed by atoms with Crippen molar-refractivity contribution in [1.82, 2.24) is 5.32 Å². The van der Waals surface area contributed by atoms with E-state index in [9.17, 15) is 13.2 Å². The molecule has 3 rings (SSSR count). The zero-order valence-electron chi connectivity index (χ0n) is 15.5. The molecule has 0 aromatic heterocycles. The first kappa shape index (κ1) is 19.2. The van der Waals surface area contributed by atoms with Gasteiger partial charge in [0.1, 0.15) is 5.75 Å². The third-order valence-corrected chi connectivity index (χ3v) is 6.05. The van der Waals surface area contributed by atoms with E-state index in [1.165, 1.54) is 12.1 Å². The van der Waals surface area contributed by atoms with E-state index in [2.05, 4.69) is 10.0 Å². The Hall–Kier alpha value is -2.54. The summed E-state index contributed by atoms with van der Waals surface area (Å²) in [7, 11) is -3.69. The van der Waals surface area contributed by atoms with Crippen LogP contribution in [0.5, 0.6) is 5.75 Å². The highest BCUT2D eigenvalue weighted by atomic mass is 32.2. The molecule has 0 atom stereocenters. The largest absolute Gasteiger partial charge is 0.494 e. The van der Waals surface area contributed by atoms with Crippen LogP contribution < -0.4 is 14.8 Å². The Morgan fingerprint density at radius 3 is 2.19 bits per heavy atom. The van der Waals surface area contributed by atoms with Crippen molar-refractivity contribution in [2.45, 2.75) is 37.0 Å². The topological polar surface area (TPSA) is 84.5 Å². The van der Waals surface area contributed by atoms with Crippen molar-refractivity contribution >= 4 is 21.6 Å². The zero-order valence-corrected chi connectivity index (χ0v) is 16.3. The van der Waals surface area contributed by atoms with Crippen molar-refractivity contribution in [3.8, 4) is 5.75 Å². The lowest BCUT2D eigenvalue weighted by Gasteiger charge is -2.16. The number of nitrogens with one attached hydrogen (secondary N) is 2. The predicted molar refractivity (Wildman–Crippen MR) is 104 cm³/mol. The van der Waals surface area contributed by atoms with Gasteiger partial charge in [0.25, 0.3) is 10.0 Å². The van der Waals surface area contributed by atoms with Gasteiger partial charge in [-0.3, -0.25) is 9.52 Å². The molecule has 1 amide bonds. The molecular formula is C20H24N2O4S. The predicted octanol–water partition coefficient (Wildman–Crippen LogP) is 3.05. The van der Waals surface area contributed by atoms with Crippen LogP contribution in [0, 0.1) is 0 Å². The standard InChI is InChI=1S/C20H24N2O4S/c1-3-21-19(23)20(13-14-20)15-5-7-16(8-6-15)22-27(24,25)18-11-9-17(10-12-18)26-4-2/h5-12,22H,3-4,13-14H2,1-2H3,(H,21,23). The summed E-state index contributed by atoms with van der Waals surface area (Å²) in [4.78, 5) is 12.4. The van der Waals surface area contributed by atoms with E-state index in [1.54, 1.807) is 24.3 Å². The van der Waals surface area contributed by atoms with Crippen molar-refractivity contribution in [1.29, 1.82) is 0 Å². The van der Waals surface area contributed by atoms with E-state index in [0.717, 1.165) is 18.4 Å². The molecule has 144 valence electrons. The van der Waals surface area contributed by atoms with Crippen LogP contribution in [0.3, 0.4) is 0 Å². The zero-order chi connectivity index (χ0) is 19.5. The smallest absolute Gasteiger partial charge is 0.261 e. The molecule has 0 heterocycles. The second-order valence-corrected chi connectivity index (χ2v) is 8.21. The Balaban J connectivity index is 1.73. The maximum absolute atomic E-state index is 12.5. The average Bonchev–Trinajstić information content (AvgIpc) is 3.45. The van der Waals surface area contributed by atoms with Crippen LogP contribution in [-0.2, 0) is 20.2 Å². The number of carbonyl (C=O) groups excluding carboxylic acids is 1. The van der Waals surface area contributed by atoms with Crippen LogP contribution in [0.4, 0.5) is 5.69 Å². The average molecular weight is 388 g/mol. The van der Waals surface area contributed by atoms with E-state index in [1.807, 2.05) is 26.0 Å². The molecule has 0 aliphatic heterocycles. The number of ether oxygens (including phenoxy) is 1. The number of rotatable bonds is 8. The van der Waals surface area contributed by atoms with Crippen LogP contribution >= 0.6 is 0 Å². The lowest BCUT2D eigenvalue weighted by atomic mass is 9.95. The van der Waals surface area contributed by atoms with Gasteiger partial charge in [0, 0.05) is 12.2 Å². The number of benzene rings is 2. The number of likely N-dealkylation sites (N-methyl/N-ethyl adjacent to an activating group) is 1. The van der Waals surface area contributed by atoms with Crippen molar-refractivity contribution < 1.29 is 17.9 Å². The molecule has 6 nitrogen and oxygen atoms in total. The van der Waals surface area contributed by atoms with Gasteiger partial charge < -0.3 is 10.1 Å². The molecule has 27 heavy (non-hydrogen) atoms. The molecule has 0 bridgehead atoms. The molecule has 0 radical (unpaired) electrons. The van der Waals surface area contributed by atoms with Crippen LogP contribution in [-0.4, -0.2) is 27.5 Å². The molecule has 1 aliphatic carbocycles. The summed E-state index contributed by atoms with van der Waals surface area (Å²) in [5.41, 5.74) is 0.916. The van der Waals surface area contributed by atoms with Gasteiger partial charge in [0.2, 0.25) is 5.91 Å². The Morgan fingerprint density at radius 2 is 1.67 bits per heavy atom. The minimum Gasteiger partial charge on any atom is -0.494 e. The van der Waals surface area contributed by atoms with Crippen molar-refractivity contribution in [3.05, 3.63) is 54.1 Å². The summed E-state index contributed by atoms with van der Waals surface area (Å²) < 4.78 is 33.0. The first-order valence-electron chi connectivity index (χ1n) is 9.06. The fourth-order valence-electron chi connectivity index (χ4n) is 3.05. The summed E-state index contributed by atoms with van der Waals surface area (Å²) in [5.74, 6) is 0.661. The Labute approximate surface area is 160 Å². The van der Waals surface area contributed by atoms with E-state index in [4.69, 9.17) is 4.74 Å². The summed E-state index contributed by atoms with van der Waals surface area (Å²) in [6.07, 6.45) is 1.63. The Kier molecular flexibility index (Phi) is 5.41. The highest BCUT2D eigenvalue weighted by Crippen LogP contribution is 2.48. The van der Waals surface area contributed by atoms with E-state index in [-0.39, 0.29) is 10.8 Å². The summed E-state index contributed by atoms with van der Waals surface area (Å²) in [6, 6.07) is 13.3. The fraction of sp³-hybridized carbons (Fsp3) is 0.350. The van der Waals surface area contributed by atoms with E-state index >= 15 is 0 Å². The molecule has 1 saturated carbocycles. The first-order chi connectivity index (χ1) is 12.9. The lowest BCUT2D eigenvalue weighted by Crippen LogP contribution is -2.34. The molecule has 2 aromatic rings. The summed E-state index contributed by atoms with van der Waals surface area (Å²) in [5, 5.41) is 2.87. The highest BCUT2D eigenvalue weighted by Gasteiger charge is 2.50. The maximum Gasteiger partial charge on any atom is 0.261 e. The van der Waals surface area contributed by atoms with Crippen LogP contribution in [0.25, 0.3) is 0 Å². The number of carbonyl (C=O) groups is 1. The SMILES string of the molecule is CCNC(=O)C1(c2ccc(NS(=O)(=O)c3ccc(OCC)cc3)cc2)CC1. The third kappa shape index (κ3) is 4.08. The van der Waals surface area contributed by atoms with Crippen molar-refractivity contribution in [2.24, 2.45) is 0 Å². The maximum atomic E-state index is 12.5. The van der Waals surface area contributed by atoms with Gasteiger partial charge >= 0.3 is 0 Å². The van der Waals surface area contributed by atoms with Gasteiger partial charge in [0.05, 0.1) is 16.9 Å². The molecule has 1 aliphatic rings. The second-order valence-electron chi connectivity index (χ2n) is 6.53. The first-order valence-corrected chi connectivity index (χ1v) is 10.5. The van der Waals surface area contributed by atoms with Gasteiger partial charge in [-0.25, -0.2) is 8.42 Å². The minimum absolute atomic E-state index is 0.0349. The third-order valence-electron chi connectivity index (χ3n) is 4.66. The van der Waals surface area contributed by atoms with Gasteiger partial charge in [-0.15, -0.1) is 0 Å². The minimum atomic E-state index is -3.69. The molecule has 0 unspecified atom stereocenters. The van der Waals surface area contributed by atoms with Gasteiger partial charge in [-0.1, -0.05) is 12.1 Å². The molecule has 2 aromatic carbocycles. The van der Waals surface area contributed by atoms with Gasteiger partial charge in [-0.05, 0) is 68.7 Å². The fourth-order valence-corrected chi connectivity index (χ4v) is 4.11. The number of amides is 1. The lowest BCUT2D eigenvalue weighted by molar-refractivity contribution is -0.123. The summed E-state index contributed by atoms with van der Waals surface area (Å²) >= 11 is 0. The van der Waals surface area contributed by atoms with Gasteiger partial charge in [0.15, 0.2) is 0 Å². The summed E-state index contributed by atoms with van der Waals surface area (Å²) in [6.45, 7) is 4.88. The molecule has 1 fully saturated rings. The van der Waals surface area contributed by atoms with E-state index < -0.39 is 15.4 Å². The Morgan fingerprint density at radius 1 is 1.04 bits per heavy atom. The molecule has 0 saturated heterocycles.